The van der Waals surface area contributed by atoms with E-state index in [4.69, 9.17) is 0 Å². The maximum absolute atomic E-state index is 12.2. The number of hydrogen-bond acceptors (Lipinski definition) is 0. The van der Waals surface area contributed by atoms with Crippen LogP contribution in [0.3, 0.4) is 0 Å². The first kappa shape index (κ1) is 219. The Labute approximate surface area is 811 Å². The Hall–Kier alpha value is 3.31. The summed E-state index contributed by atoms with van der Waals surface area (Å²) in [7, 11) is 0. The zero-order valence-corrected chi connectivity index (χ0v) is 93.0. The molecule has 0 amide bonds. The van der Waals surface area contributed by atoms with Crippen molar-refractivity contribution in [2.24, 2.45) is 70.0 Å². The molecule has 0 spiro atoms. The van der Waals surface area contributed by atoms with Crippen molar-refractivity contribution >= 4 is 0 Å². The van der Waals surface area contributed by atoms with Crippen molar-refractivity contribution in [3.63, 3.8) is 0 Å². The summed E-state index contributed by atoms with van der Waals surface area (Å²) in [5, 5.41) is 0. The van der Waals surface area contributed by atoms with Crippen LogP contribution in [-0.2, 0) is 156 Å². The van der Waals surface area contributed by atoms with Crippen molar-refractivity contribution in [2.45, 2.75) is 369 Å². The molecule has 116 heavy (non-hydrogen) atoms. The van der Waals surface area contributed by atoms with Gasteiger partial charge in [-0.3, -0.25) is 0 Å². The molecule has 0 aromatic heterocycles. The molecule has 0 aromatic carbocycles. The molecule has 0 aliphatic carbocycles. The van der Waals surface area contributed by atoms with Crippen molar-refractivity contribution in [3.8, 4) is 0 Å². The normalized spacial score (nSPS) is 12.0. The summed E-state index contributed by atoms with van der Waals surface area (Å²) in [5.41, 5.74) is 0.206. The smallest absolute Gasteiger partial charge is 0.358 e. The van der Waals surface area contributed by atoms with Gasteiger partial charge in [-0.2, -0.15) is 105 Å². The van der Waals surface area contributed by atoms with Gasteiger partial charge in [-0.15, -0.1) is 0 Å². The largest absolute Gasteiger partial charge is 2.00 e. The molecular formula is C84H176F24Ru8. The van der Waals surface area contributed by atoms with E-state index < -0.39 is 98.8 Å². The van der Waals surface area contributed by atoms with Crippen molar-refractivity contribution in [1.82, 2.24) is 0 Å². The molecule has 0 aliphatic heterocycles. The number of unbranched alkanes of at least 4 members (excludes halogenated alkanes) is 11. The van der Waals surface area contributed by atoms with E-state index in [9.17, 15) is 105 Å². The van der Waals surface area contributed by atoms with Crippen molar-refractivity contribution < 1.29 is 261 Å². The molecule has 0 heterocycles. The Morgan fingerprint density at radius 1 is 0.224 bits per heavy atom. The molecule has 0 saturated carbocycles. The van der Waals surface area contributed by atoms with E-state index in [1.165, 1.54) is 27.7 Å². The number of rotatable bonds is 28. The molecule has 0 aliphatic rings. The predicted octanol–water partition coefficient (Wildman–Crippen LogP) is 38.3. The van der Waals surface area contributed by atoms with Crippen LogP contribution in [0.4, 0.5) is 105 Å². The summed E-state index contributed by atoms with van der Waals surface area (Å²) in [5.74, 6) is -3.22. The second kappa shape index (κ2) is 114. The Bertz CT molecular complexity index is 1580. The Kier molecular flexibility index (Phi) is 216. The average Bonchev–Trinajstić information content (AvgIpc) is 0.885. The monoisotopic (exact) mass is 2460 g/mol. The van der Waals surface area contributed by atoms with Gasteiger partial charge in [-0.25, -0.2) is 0 Å². The zero-order chi connectivity index (χ0) is 75.2. The van der Waals surface area contributed by atoms with Crippen LogP contribution in [0.15, 0.2) is 0 Å². The molecule has 7 unspecified atom stereocenters. The Morgan fingerprint density at radius 2 is 0.431 bits per heavy atom. The molecule has 744 valence electrons. The number of halogens is 24. The van der Waals surface area contributed by atoms with Gasteiger partial charge in [0.05, 0.1) is 23.7 Å². The third-order valence-corrected chi connectivity index (χ3v) is 15.1. The van der Waals surface area contributed by atoms with E-state index in [2.05, 4.69) is 34.6 Å². The van der Waals surface area contributed by atoms with Crippen molar-refractivity contribution in [1.29, 1.82) is 0 Å². The maximum atomic E-state index is 12.2. The maximum Gasteiger partial charge on any atom is 2.00 e. The summed E-state index contributed by atoms with van der Waals surface area (Å²) in [4.78, 5) is 0. The third kappa shape index (κ3) is 199. The SMILES string of the molecule is CC(C)(C)CCCCCC(F)(F)F.CC(C)C(C)CC(C)C(F)(F)F.CC(C)CC(C)C(F)(F)F.CC(C)CCCCCC(F)(F)F.CC(CC(C)C(F)(F)F)C(C)(C)C.CCC(C)CC(C)C(F)(F)F.CCCCCCC(F)(F)F.CCCCCCCC(F)(F)F.[CH3-].[CH3-].[CH3-].[CH3-].[CH3-].[CH3-].[CH3-].[CH3-].[CH3-].[CH3-].[CH3-].[CH3-].[CH3-].[CH3-].[CH3-].[CH3-].[Ru+2].[Ru+2].[Ru+2].[Ru+2].[Ru+2].[Ru+2].[Ru+2].[Ru+2]. The third-order valence-electron chi connectivity index (χ3n) is 15.1. The van der Waals surface area contributed by atoms with Crippen LogP contribution >= 0.6 is 0 Å². The standard InChI is InChI=1S/2C10H19F3.2C9H17F3.2C8H15F3.2C7H13F3.16CH3.8Ru/c1-7(9(3,4)5)6-8(2)10(11,12)13;1-9(2,3)7-5-4-6-8-10(11,12)13;1-6(2)7(3)5-8(4)9(10,11)12;1-8(2)6-4-3-5-7-9(10,11)12;1-4-6(2)5-7(3)8(9,10)11;1-2-3-4-5-6-7-8(9,10)11;1-5(2)4-6(3)7(8,9)10;1-2-3-4-5-6-7(8,9)10;;;;;;;;;;;;;;;;;;;;;;;;/h7-8H,6H2,1-5H3;4-8H2,1-3H3;6-8H,5H2,1-4H3;8H,3-7H2,1-2H3;6-7H,4-5H2,1-3H3;2-7H2,1H3;5-6H,4H2,1-3H3;2-6H2,1H3;16*1H3;;;;;;;;/q;;;;;;;;16*-1;8*+2. The van der Waals surface area contributed by atoms with Gasteiger partial charge in [0.15, 0.2) is 0 Å². The van der Waals surface area contributed by atoms with Gasteiger partial charge in [0.1, 0.15) is 0 Å². The molecule has 0 saturated heterocycles. The quantitative estimate of drug-likeness (QED) is 0.0317. The van der Waals surface area contributed by atoms with E-state index in [0.717, 1.165) is 64.2 Å². The predicted molar refractivity (Wildman–Crippen MR) is 436 cm³/mol. The minimum atomic E-state index is -4.04. The van der Waals surface area contributed by atoms with Crippen molar-refractivity contribution in [2.75, 3.05) is 0 Å². The topological polar surface area (TPSA) is 0 Å². The fraction of sp³-hybridized carbons (Fsp3) is 0.810. The van der Waals surface area contributed by atoms with E-state index in [0.29, 0.717) is 43.9 Å². The van der Waals surface area contributed by atoms with Crippen LogP contribution in [0.2, 0.25) is 0 Å². The van der Waals surface area contributed by atoms with E-state index in [-0.39, 0.29) is 354 Å². The van der Waals surface area contributed by atoms with Crippen LogP contribution < -0.4 is 0 Å². The number of hydrogen-bond donors (Lipinski definition) is 0. The molecule has 32 heteroatoms. The molecule has 0 rings (SSSR count). The van der Waals surface area contributed by atoms with Crippen LogP contribution in [-0.4, -0.2) is 49.4 Å². The minimum absolute atomic E-state index is 0. The first-order valence-corrected chi connectivity index (χ1v) is 33.3. The average molecular weight is 2450 g/mol. The van der Waals surface area contributed by atoms with Gasteiger partial charge in [-0.05, 0) is 104 Å². The Balaban J connectivity index is -0.0000000225. The minimum Gasteiger partial charge on any atom is -0.358 e. The second-order valence-electron chi connectivity index (χ2n) is 28.7. The zero-order valence-electron chi connectivity index (χ0n) is 79.1. The van der Waals surface area contributed by atoms with Gasteiger partial charge >= 0.3 is 205 Å². The van der Waals surface area contributed by atoms with Gasteiger partial charge in [0.2, 0.25) is 0 Å². The van der Waals surface area contributed by atoms with Crippen LogP contribution in [0.25, 0.3) is 0 Å². The molecule has 7 atom stereocenters. The van der Waals surface area contributed by atoms with E-state index in [1.54, 1.807) is 13.8 Å². The van der Waals surface area contributed by atoms with Crippen LogP contribution in [0.5, 0.6) is 0 Å². The molecule has 0 bridgehead atoms. The molecule has 0 nitrogen and oxygen atoms in total. The summed E-state index contributed by atoms with van der Waals surface area (Å²) in [6, 6.07) is 0. The van der Waals surface area contributed by atoms with Gasteiger partial charge in [-0.1, -0.05) is 236 Å². The summed E-state index contributed by atoms with van der Waals surface area (Å²) < 4.78 is 283. The fourth-order valence-corrected chi connectivity index (χ4v) is 7.62. The summed E-state index contributed by atoms with van der Waals surface area (Å²) in [6.07, 6.45) is -19.9. The molecular weight excluding hydrogens is 2270 g/mol. The first-order valence-electron chi connectivity index (χ1n) is 33.3. The Morgan fingerprint density at radius 3 is 0.621 bits per heavy atom. The van der Waals surface area contributed by atoms with Gasteiger partial charge in [0.25, 0.3) is 0 Å². The molecule has 0 radical (unpaired) electrons. The second-order valence-corrected chi connectivity index (χ2v) is 28.7. The van der Waals surface area contributed by atoms with E-state index in [1.807, 2.05) is 76.2 Å². The van der Waals surface area contributed by atoms with Crippen LogP contribution in [0, 0.1) is 189 Å². The summed E-state index contributed by atoms with van der Waals surface area (Å²) >= 11 is 0. The molecule has 0 aromatic rings. The molecule has 0 N–H and O–H groups in total. The fourth-order valence-electron chi connectivity index (χ4n) is 7.62. The van der Waals surface area contributed by atoms with E-state index >= 15 is 0 Å². The van der Waals surface area contributed by atoms with Crippen LogP contribution in [0.1, 0.15) is 319 Å². The van der Waals surface area contributed by atoms with Gasteiger partial charge in [0, 0.05) is 25.7 Å². The molecule has 0 fully saturated rings. The first-order chi connectivity index (χ1) is 40.8. The number of alkyl halides is 24. The van der Waals surface area contributed by atoms with Crippen molar-refractivity contribution in [3.05, 3.63) is 119 Å². The van der Waals surface area contributed by atoms with Gasteiger partial charge < -0.3 is 119 Å². The summed E-state index contributed by atoms with van der Waals surface area (Å²) in [6.45, 7) is 40.4.